The molecule has 0 aromatic heterocycles. The molecule has 1 N–H and O–H groups in total. The van der Waals surface area contributed by atoms with Crippen LogP contribution >= 0.6 is 23.2 Å². The SMILES string of the molecule is CCNC(=O)[C@@H](C)N(Cc1ccc(Cl)cc1Cl)C(=O)CN(c1ccc(OCc2ccccc2)cc1)S(C)(=O)=O. The van der Waals surface area contributed by atoms with Crippen LogP contribution in [0.5, 0.6) is 5.75 Å². The van der Waals surface area contributed by atoms with E-state index in [0.29, 0.717) is 34.5 Å². The van der Waals surface area contributed by atoms with Gasteiger partial charge < -0.3 is 15.0 Å². The number of hydrogen-bond donors (Lipinski definition) is 1. The third-order valence-corrected chi connectivity index (χ3v) is 7.65. The summed E-state index contributed by atoms with van der Waals surface area (Å²) in [6.45, 7) is 3.55. The highest BCUT2D eigenvalue weighted by Crippen LogP contribution is 2.25. The first-order valence-electron chi connectivity index (χ1n) is 12.2. The van der Waals surface area contributed by atoms with Crippen LogP contribution in [0.2, 0.25) is 10.0 Å². The molecule has 39 heavy (non-hydrogen) atoms. The first kappa shape index (κ1) is 30.3. The highest BCUT2D eigenvalue weighted by molar-refractivity contribution is 7.92. The minimum absolute atomic E-state index is 0.0169. The van der Waals surface area contributed by atoms with Gasteiger partial charge in [-0.2, -0.15) is 0 Å². The van der Waals surface area contributed by atoms with Crippen LogP contribution in [0.4, 0.5) is 5.69 Å². The van der Waals surface area contributed by atoms with Gasteiger partial charge in [-0.25, -0.2) is 8.42 Å². The molecule has 0 aliphatic carbocycles. The molecule has 0 fully saturated rings. The van der Waals surface area contributed by atoms with E-state index in [1.165, 1.54) is 4.90 Å². The topological polar surface area (TPSA) is 96.0 Å². The van der Waals surface area contributed by atoms with Crippen molar-refractivity contribution >= 4 is 50.7 Å². The zero-order valence-electron chi connectivity index (χ0n) is 21.9. The van der Waals surface area contributed by atoms with Crippen molar-refractivity contribution in [2.75, 3.05) is 23.7 Å². The fourth-order valence-corrected chi connectivity index (χ4v) is 5.12. The van der Waals surface area contributed by atoms with Crippen molar-refractivity contribution in [3.8, 4) is 5.75 Å². The lowest BCUT2D eigenvalue weighted by Gasteiger charge is -2.31. The van der Waals surface area contributed by atoms with E-state index in [-0.39, 0.29) is 18.1 Å². The van der Waals surface area contributed by atoms with E-state index in [4.69, 9.17) is 27.9 Å². The third-order valence-electron chi connectivity index (χ3n) is 5.93. The van der Waals surface area contributed by atoms with Crippen molar-refractivity contribution < 1.29 is 22.7 Å². The summed E-state index contributed by atoms with van der Waals surface area (Å²) in [5.74, 6) is -0.400. The minimum atomic E-state index is -3.86. The van der Waals surface area contributed by atoms with Crippen molar-refractivity contribution in [3.63, 3.8) is 0 Å². The van der Waals surface area contributed by atoms with E-state index in [1.54, 1.807) is 56.3 Å². The largest absolute Gasteiger partial charge is 0.489 e. The van der Waals surface area contributed by atoms with Crippen LogP contribution in [0.3, 0.4) is 0 Å². The molecule has 0 aliphatic rings. The molecule has 0 saturated carbocycles. The fourth-order valence-electron chi connectivity index (χ4n) is 3.80. The van der Waals surface area contributed by atoms with Crippen LogP contribution in [0.1, 0.15) is 25.0 Å². The van der Waals surface area contributed by atoms with Crippen molar-refractivity contribution in [1.82, 2.24) is 10.2 Å². The Morgan fingerprint density at radius 1 is 1.00 bits per heavy atom. The molecule has 3 aromatic carbocycles. The number of nitrogens with zero attached hydrogens (tertiary/aromatic N) is 2. The maximum Gasteiger partial charge on any atom is 0.244 e. The lowest BCUT2D eigenvalue weighted by Crippen LogP contribution is -2.51. The van der Waals surface area contributed by atoms with Crippen molar-refractivity contribution in [3.05, 3.63) is 94.0 Å². The standard InChI is InChI=1S/C28H31Cl2N3O5S/c1-4-31-28(35)20(2)32(17-22-10-11-23(29)16-26(22)30)27(34)18-33(39(3,36)37)24-12-14-25(15-13-24)38-19-21-8-6-5-7-9-21/h5-16,20H,4,17-19H2,1-3H3,(H,31,35)/t20-/m1/s1. The Bertz CT molecular complexity index is 1390. The third kappa shape index (κ3) is 8.61. The monoisotopic (exact) mass is 591 g/mol. The average molecular weight is 593 g/mol. The second kappa shape index (κ2) is 13.7. The number of ether oxygens (including phenoxy) is 1. The van der Waals surface area contributed by atoms with E-state index in [2.05, 4.69) is 5.32 Å². The number of carbonyl (C=O) groups is 2. The number of carbonyl (C=O) groups excluding carboxylic acids is 2. The van der Waals surface area contributed by atoms with Crippen LogP contribution in [0, 0.1) is 0 Å². The van der Waals surface area contributed by atoms with Crippen LogP contribution in [-0.4, -0.2) is 50.5 Å². The Balaban J connectivity index is 1.83. The van der Waals surface area contributed by atoms with Crippen LogP contribution in [0.25, 0.3) is 0 Å². The predicted molar refractivity (Wildman–Crippen MR) is 155 cm³/mol. The molecule has 1 atom stereocenters. The van der Waals surface area contributed by atoms with E-state index in [9.17, 15) is 18.0 Å². The lowest BCUT2D eigenvalue weighted by atomic mass is 10.1. The van der Waals surface area contributed by atoms with Gasteiger partial charge in [-0.3, -0.25) is 13.9 Å². The summed E-state index contributed by atoms with van der Waals surface area (Å²) in [7, 11) is -3.86. The highest BCUT2D eigenvalue weighted by atomic mass is 35.5. The molecular weight excluding hydrogens is 561 g/mol. The lowest BCUT2D eigenvalue weighted by molar-refractivity contribution is -0.139. The number of hydrogen-bond acceptors (Lipinski definition) is 5. The maximum absolute atomic E-state index is 13.6. The molecule has 0 aliphatic heterocycles. The number of nitrogens with one attached hydrogen (secondary N) is 1. The average Bonchev–Trinajstić information content (AvgIpc) is 2.90. The number of amides is 2. The summed E-state index contributed by atoms with van der Waals surface area (Å²) in [5, 5.41) is 3.46. The molecule has 0 unspecified atom stereocenters. The summed E-state index contributed by atoms with van der Waals surface area (Å²) in [6.07, 6.45) is 1.02. The summed E-state index contributed by atoms with van der Waals surface area (Å²) in [4.78, 5) is 27.5. The Labute approximate surface area is 239 Å². The smallest absolute Gasteiger partial charge is 0.244 e. The number of anilines is 1. The van der Waals surface area contributed by atoms with Crippen molar-refractivity contribution in [2.24, 2.45) is 0 Å². The fraction of sp³-hybridized carbons (Fsp3) is 0.286. The van der Waals surface area contributed by atoms with Gasteiger partial charge in [-0.15, -0.1) is 0 Å². The van der Waals surface area contributed by atoms with Gasteiger partial charge in [0.25, 0.3) is 0 Å². The molecule has 0 spiro atoms. The summed E-state index contributed by atoms with van der Waals surface area (Å²) >= 11 is 12.3. The van der Waals surface area contributed by atoms with Crippen LogP contribution in [-0.2, 0) is 32.8 Å². The second-order valence-electron chi connectivity index (χ2n) is 8.87. The minimum Gasteiger partial charge on any atom is -0.489 e. The number of halogens is 2. The van der Waals surface area contributed by atoms with Crippen molar-refractivity contribution in [2.45, 2.75) is 33.0 Å². The number of benzene rings is 3. The van der Waals surface area contributed by atoms with Crippen molar-refractivity contribution in [1.29, 1.82) is 0 Å². The molecular formula is C28H31Cl2N3O5S. The first-order valence-corrected chi connectivity index (χ1v) is 14.9. The Morgan fingerprint density at radius 2 is 1.67 bits per heavy atom. The van der Waals surface area contributed by atoms with Gasteiger partial charge in [0.05, 0.1) is 11.9 Å². The molecule has 2 amide bonds. The van der Waals surface area contributed by atoms with Crippen LogP contribution < -0.4 is 14.4 Å². The normalized spacial score (nSPS) is 11.9. The summed E-state index contributed by atoms with van der Waals surface area (Å²) in [6, 6.07) is 20.0. The highest BCUT2D eigenvalue weighted by Gasteiger charge is 2.30. The van der Waals surface area contributed by atoms with Gasteiger partial charge in [0.1, 0.15) is 24.9 Å². The molecule has 0 radical (unpaired) electrons. The van der Waals surface area contributed by atoms with Crippen LogP contribution in [0.15, 0.2) is 72.8 Å². The maximum atomic E-state index is 13.6. The predicted octanol–water partition coefficient (Wildman–Crippen LogP) is 4.89. The van der Waals surface area contributed by atoms with Gasteiger partial charge >= 0.3 is 0 Å². The summed E-state index contributed by atoms with van der Waals surface area (Å²) < 4.78 is 32.3. The Hall–Kier alpha value is -3.27. The molecule has 0 bridgehead atoms. The molecule has 3 rings (SSSR count). The molecule has 3 aromatic rings. The molecule has 8 nitrogen and oxygen atoms in total. The molecule has 11 heteroatoms. The number of likely N-dealkylation sites (N-methyl/N-ethyl adjacent to an activating group) is 1. The van der Waals surface area contributed by atoms with Gasteiger partial charge in [0.2, 0.25) is 21.8 Å². The zero-order chi connectivity index (χ0) is 28.6. The van der Waals surface area contributed by atoms with E-state index >= 15 is 0 Å². The Kier molecular flexibility index (Phi) is 10.6. The van der Waals surface area contributed by atoms with Gasteiger partial charge in [-0.05, 0) is 61.4 Å². The van der Waals surface area contributed by atoms with E-state index < -0.39 is 28.5 Å². The van der Waals surface area contributed by atoms with Gasteiger partial charge in [0, 0.05) is 23.1 Å². The zero-order valence-corrected chi connectivity index (χ0v) is 24.3. The molecule has 0 saturated heterocycles. The van der Waals surface area contributed by atoms with E-state index in [0.717, 1.165) is 16.1 Å². The first-order chi connectivity index (χ1) is 18.5. The second-order valence-corrected chi connectivity index (χ2v) is 11.6. The molecule has 0 heterocycles. The van der Waals surface area contributed by atoms with Gasteiger partial charge in [0.15, 0.2) is 0 Å². The summed E-state index contributed by atoms with van der Waals surface area (Å²) in [5.41, 5.74) is 1.84. The number of sulfonamides is 1. The number of rotatable bonds is 12. The Morgan fingerprint density at radius 3 is 2.26 bits per heavy atom. The molecule has 208 valence electrons. The quantitative estimate of drug-likeness (QED) is 0.323. The van der Waals surface area contributed by atoms with E-state index in [1.807, 2.05) is 30.3 Å². The van der Waals surface area contributed by atoms with Gasteiger partial charge in [-0.1, -0.05) is 59.6 Å².